The highest BCUT2D eigenvalue weighted by Crippen LogP contribution is 2.43. The molecule has 0 saturated carbocycles. The fourth-order valence-electron chi connectivity index (χ4n) is 11.0. The number of hydrogen-bond donors (Lipinski definition) is 1. The van der Waals surface area contributed by atoms with Gasteiger partial charge in [-0.05, 0) is 51.4 Å². The molecule has 0 aliphatic heterocycles. The van der Waals surface area contributed by atoms with Gasteiger partial charge in [-0.1, -0.05) is 351 Å². The summed E-state index contributed by atoms with van der Waals surface area (Å²) in [4.78, 5) is 35.9. The van der Waals surface area contributed by atoms with Gasteiger partial charge in [-0.25, -0.2) is 4.57 Å². The summed E-state index contributed by atoms with van der Waals surface area (Å²) in [5.41, 5.74) is 0. The molecule has 0 spiro atoms. The standard InChI is InChI=1S/C75H142NO8P/c1-6-8-10-12-14-16-18-20-22-24-26-28-30-32-34-35-36-37-38-39-40-42-43-45-47-49-51-53-55-57-59-61-63-65-67-74(77)81-71-73(72-83-85(79,80)82-70-69-76(3,4)5)84-75(78)68-66-64-62-60-58-56-54-52-50-48-46-44-41-33-31-29-27-25-23-21-19-17-15-13-11-9-7-2/h9,11,15,17,21,23,27,29,73H,6-8,10,12-14,16,18-20,22,24-26,28,30-72H2,1-5H3/p+1/b11-9-,17-15-,23-21-,29-27-. The Morgan fingerprint density at radius 3 is 1.00 bits per heavy atom. The third-order valence-corrected chi connectivity index (χ3v) is 17.6. The number of rotatable bonds is 69. The monoisotopic (exact) mass is 1220 g/mol. The maximum atomic E-state index is 12.9. The number of allylic oxidation sites excluding steroid dienone is 8. The Balaban J connectivity index is 3.95. The Labute approximate surface area is 528 Å². The molecule has 0 rings (SSSR count). The number of hydrogen-bond acceptors (Lipinski definition) is 7. The minimum Gasteiger partial charge on any atom is -0.462 e. The second-order valence-electron chi connectivity index (χ2n) is 26.3. The van der Waals surface area contributed by atoms with Crippen molar-refractivity contribution >= 4 is 19.8 Å². The van der Waals surface area contributed by atoms with Crippen LogP contribution in [0.15, 0.2) is 48.6 Å². The van der Waals surface area contributed by atoms with Gasteiger partial charge in [0.05, 0.1) is 27.7 Å². The number of likely N-dealkylation sites (N-methyl/N-ethyl adjacent to an activating group) is 1. The van der Waals surface area contributed by atoms with Gasteiger partial charge < -0.3 is 18.9 Å². The van der Waals surface area contributed by atoms with E-state index in [0.717, 1.165) is 57.8 Å². The number of carbonyl (C=O) groups is 2. The molecule has 0 bridgehead atoms. The molecule has 0 heterocycles. The highest BCUT2D eigenvalue weighted by Gasteiger charge is 2.27. The Morgan fingerprint density at radius 2 is 0.671 bits per heavy atom. The molecule has 500 valence electrons. The van der Waals surface area contributed by atoms with Gasteiger partial charge in [0.1, 0.15) is 19.8 Å². The van der Waals surface area contributed by atoms with Crippen LogP contribution in [0.4, 0.5) is 0 Å². The van der Waals surface area contributed by atoms with Crippen LogP contribution in [0.25, 0.3) is 0 Å². The first-order valence-corrected chi connectivity index (χ1v) is 38.4. The lowest BCUT2D eigenvalue weighted by Crippen LogP contribution is -2.37. The van der Waals surface area contributed by atoms with Gasteiger partial charge in [0, 0.05) is 12.8 Å². The molecule has 0 aromatic heterocycles. The van der Waals surface area contributed by atoms with Crippen molar-refractivity contribution in [2.45, 2.75) is 373 Å². The fourth-order valence-corrected chi connectivity index (χ4v) is 11.8. The van der Waals surface area contributed by atoms with Gasteiger partial charge in [-0.3, -0.25) is 18.6 Å². The molecule has 0 aliphatic carbocycles. The van der Waals surface area contributed by atoms with Crippen molar-refractivity contribution in [1.82, 2.24) is 0 Å². The maximum absolute atomic E-state index is 12.9. The van der Waals surface area contributed by atoms with E-state index in [2.05, 4.69) is 62.5 Å². The molecule has 0 radical (unpaired) electrons. The molecule has 2 unspecified atom stereocenters. The molecule has 0 saturated heterocycles. The van der Waals surface area contributed by atoms with Crippen molar-refractivity contribution in [3.05, 3.63) is 48.6 Å². The second-order valence-corrected chi connectivity index (χ2v) is 27.8. The quantitative estimate of drug-likeness (QED) is 0.0211. The third-order valence-electron chi connectivity index (χ3n) is 16.6. The van der Waals surface area contributed by atoms with E-state index in [9.17, 15) is 19.0 Å². The van der Waals surface area contributed by atoms with Crippen molar-refractivity contribution in [2.24, 2.45) is 0 Å². The van der Waals surface area contributed by atoms with Crippen LogP contribution in [0.5, 0.6) is 0 Å². The van der Waals surface area contributed by atoms with Crippen LogP contribution in [0, 0.1) is 0 Å². The fraction of sp³-hybridized carbons (Fsp3) is 0.867. The van der Waals surface area contributed by atoms with Gasteiger partial charge in [0.2, 0.25) is 0 Å². The molecule has 0 aromatic rings. The van der Waals surface area contributed by atoms with E-state index in [-0.39, 0.29) is 25.6 Å². The number of unbranched alkanes of at least 4 members (excludes halogenated alkanes) is 47. The molecule has 10 heteroatoms. The van der Waals surface area contributed by atoms with Gasteiger partial charge in [-0.15, -0.1) is 0 Å². The molecular weight excluding hydrogens is 1070 g/mol. The Morgan fingerprint density at radius 1 is 0.376 bits per heavy atom. The summed E-state index contributed by atoms with van der Waals surface area (Å²) in [6.07, 6.45) is 86.7. The first-order valence-electron chi connectivity index (χ1n) is 36.9. The summed E-state index contributed by atoms with van der Waals surface area (Å²) in [5.74, 6) is -0.779. The van der Waals surface area contributed by atoms with E-state index in [1.54, 1.807) is 0 Å². The largest absolute Gasteiger partial charge is 0.472 e. The Bertz CT molecular complexity index is 1570. The minimum absolute atomic E-state index is 0.0332. The van der Waals surface area contributed by atoms with Crippen molar-refractivity contribution in [2.75, 3.05) is 47.5 Å². The van der Waals surface area contributed by atoms with Crippen LogP contribution >= 0.6 is 7.82 Å². The van der Waals surface area contributed by atoms with E-state index in [1.165, 1.54) is 276 Å². The lowest BCUT2D eigenvalue weighted by atomic mass is 10.0. The van der Waals surface area contributed by atoms with Crippen LogP contribution in [-0.4, -0.2) is 74.9 Å². The maximum Gasteiger partial charge on any atom is 0.472 e. The van der Waals surface area contributed by atoms with E-state index >= 15 is 0 Å². The zero-order chi connectivity index (χ0) is 61.9. The number of phosphoric acid groups is 1. The zero-order valence-electron chi connectivity index (χ0n) is 57.1. The molecule has 9 nitrogen and oxygen atoms in total. The van der Waals surface area contributed by atoms with Crippen molar-refractivity contribution < 1.29 is 42.1 Å². The van der Waals surface area contributed by atoms with Crippen molar-refractivity contribution in [3.63, 3.8) is 0 Å². The van der Waals surface area contributed by atoms with E-state index in [1.807, 2.05) is 21.1 Å². The van der Waals surface area contributed by atoms with Crippen LogP contribution in [-0.2, 0) is 32.7 Å². The van der Waals surface area contributed by atoms with Crippen LogP contribution in [0.2, 0.25) is 0 Å². The minimum atomic E-state index is -4.39. The van der Waals surface area contributed by atoms with E-state index in [4.69, 9.17) is 18.5 Å². The molecule has 1 N–H and O–H groups in total. The van der Waals surface area contributed by atoms with Crippen molar-refractivity contribution in [3.8, 4) is 0 Å². The van der Waals surface area contributed by atoms with Gasteiger partial charge >= 0.3 is 19.8 Å². The SMILES string of the molecule is CC/C=C\C/C=C\C/C=C\C/C=C\CCCCCCCCCCCCCCCCC(=O)OC(COC(=O)CCCCCCCCCCCCCCCCCCCCCCCCCCCCCCCCCCCC)COP(=O)(O)OCC[N+](C)(C)C. The Kier molecular flexibility index (Phi) is 64.8. The topological polar surface area (TPSA) is 108 Å². The number of carbonyl (C=O) groups excluding carboxylic acids is 2. The third kappa shape index (κ3) is 70.9. The smallest absolute Gasteiger partial charge is 0.462 e. The number of nitrogens with zero attached hydrogens (tertiary/aromatic N) is 1. The summed E-state index contributed by atoms with van der Waals surface area (Å²) < 4.78 is 34.8. The van der Waals surface area contributed by atoms with Crippen LogP contribution < -0.4 is 0 Å². The van der Waals surface area contributed by atoms with E-state index in [0.29, 0.717) is 23.9 Å². The highest BCUT2D eigenvalue weighted by atomic mass is 31.2. The van der Waals surface area contributed by atoms with Crippen LogP contribution in [0.1, 0.15) is 367 Å². The molecule has 0 fully saturated rings. The van der Waals surface area contributed by atoms with E-state index < -0.39 is 26.5 Å². The normalized spacial score (nSPS) is 13.3. The van der Waals surface area contributed by atoms with Gasteiger partial charge in [-0.2, -0.15) is 0 Å². The number of esters is 2. The molecule has 0 aromatic carbocycles. The number of phosphoric ester groups is 1. The van der Waals surface area contributed by atoms with Crippen LogP contribution in [0.3, 0.4) is 0 Å². The molecule has 0 amide bonds. The average Bonchev–Trinajstić information content (AvgIpc) is 3.52. The summed E-state index contributed by atoms with van der Waals surface area (Å²) in [6.45, 7) is 4.39. The number of ether oxygens (including phenoxy) is 2. The summed E-state index contributed by atoms with van der Waals surface area (Å²) >= 11 is 0. The molecule has 0 aliphatic rings. The zero-order valence-corrected chi connectivity index (χ0v) is 58.0. The number of quaternary nitrogens is 1. The molecule has 85 heavy (non-hydrogen) atoms. The van der Waals surface area contributed by atoms with Gasteiger partial charge in [0.15, 0.2) is 6.10 Å². The predicted molar refractivity (Wildman–Crippen MR) is 367 cm³/mol. The first kappa shape index (κ1) is 83.0. The lowest BCUT2D eigenvalue weighted by molar-refractivity contribution is -0.870. The predicted octanol–water partition coefficient (Wildman–Crippen LogP) is 24.0. The Hall–Kier alpha value is -2.03. The molecular formula is C75H143NO8P+. The second kappa shape index (κ2) is 66.4. The summed E-state index contributed by atoms with van der Waals surface area (Å²) in [6, 6.07) is 0. The first-order chi connectivity index (χ1) is 41.5. The lowest BCUT2D eigenvalue weighted by Gasteiger charge is -2.24. The molecule has 2 atom stereocenters. The van der Waals surface area contributed by atoms with Gasteiger partial charge in [0.25, 0.3) is 0 Å². The average molecular weight is 1220 g/mol. The van der Waals surface area contributed by atoms with Crippen molar-refractivity contribution in [1.29, 1.82) is 0 Å². The highest BCUT2D eigenvalue weighted by molar-refractivity contribution is 7.47. The summed E-state index contributed by atoms with van der Waals surface area (Å²) in [5, 5.41) is 0. The summed E-state index contributed by atoms with van der Waals surface area (Å²) in [7, 11) is 1.49.